The minimum atomic E-state index is -0.437. The summed E-state index contributed by atoms with van der Waals surface area (Å²) in [6, 6.07) is 11.8. The average Bonchev–Trinajstić information content (AvgIpc) is 2.79. The molecule has 3 rings (SSSR count). The van der Waals surface area contributed by atoms with E-state index in [9.17, 15) is 9.18 Å². The van der Waals surface area contributed by atoms with Crippen molar-refractivity contribution < 1.29 is 8.81 Å². The van der Waals surface area contributed by atoms with Crippen molar-refractivity contribution in [3.63, 3.8) is 0 Å². The maximum absolute atomic E-state index is 13.8. The Kier molecular flexibility index (Phi) is 4.00. The molecule has 0 N–H and O–H groups in total. The summed E-state index contributed by atoms with van der Waals surface area (Å²) in [7, 11) is 1.79. The van der Waals surface area contributed by atoms with E-state index in [0.29, 0.717) is 21.7 Å². The summed E-state index contributed by atoms with van der Waals surface area (Å²) in [5.41, 5.74) is 1.65. The Labute approximate surface area is 131 Å². The molecule has 1 heterocycles. The summed E-state index contributed by atoms with van der Waals surface area (Å²) in [6.07, 6.45) is 0. The van der Waals surface area contributed by atoms with Gasteiger partial charge >= 0.3 is 5.76 Å². The minimum absolute atomic E-state index is 0.278. The fourth-order valence-corrected chi connectivity index (χ4v) is 2.62. The third kappa shape index (κ3) is 2.77. The predicted molar refractivity (Wildman–Crippen MR) is 83.4 cm³/mol. The summed E-state index contributed by atoms with van der Waals surface area (Å²) < 4.78 is 20.5. The fourth-order valence-electron chi connectivity index (χ4n) is 2.39. The van der Waals surface area contributed by atoms with Crippen molar-refractivity contribution in [2.24, 2.45) is 0 Å². The van der Waals surface area contributed by atoms with E-state index in [4.69, 9.17) is 16.0 Å². The Morgan fingerprint density at radius 2 is 2.00 bits per heavy atom. The second-order valence-electron chi connectivity index (χ2n) is 5.12. The van der Waals surface area contributed by atoms with Crippen molar-refractivity contribution in [1.29, 1.82) is 0 Å². The van der Waals surface area contributed by atoms with Crippen LogP contribution in [0, 0.1) is 5.82 Å². The molecule has 2 aromatic carbocycles. The van der Waals surface area contributed by atoms with Crippen LogP contribution < -0.4 is 5.76 Å². The molecule has 114 valence electrons. The molecule has 0 bridgehead atoms. The van der Waals surface area contributed by atoms with E-state index in [1.165, 1.54) is 10.6 Å². The van der Waals surface area contributed by atoms with Gasteiger partial charge in [-0.05, 0) is 31.3 Å². The van der Waals surface area contributed by atoms with E-state index in [1.54, 1.807) is 36.2 Å². The summed E-state index contributed by atoms with van der Waals surface area (Å²) in [4.78, 5) is 13.7. The molecule has 0 saturated heterocycles. The molecule has 4 nitrogen and oxygen atoms in total. The van der Waals surface area contributed by atoms with Gasteiger partial charge in [-0.25, -0.2) is 9.18 Å². The number of hydrogen-bond donors (Lipinski definition) is 0. The van der Waals surface area contributed by atoms with Gasteiger partial charge in [0.2, 0.25) is 0 Å². The Morgan fingerprint density at radius 3 is 2.77 bits per heavy atom. The number of nitrogens with zero attached hydrogens (tertiary/aromatic N) is 2. The molecule has 6 heteroatoms. The van der Waals surface area contributed by atoms with Gasteiger partial charge in [-0.15, -0.1) is 0 Å². The largest absolute Gasteiger partial charge is 0.421 e. The molecule has 22 heavy (non-hydrogen) atoms. The summed E-state index contributed by atoms with van der Waals surface area (Å²) in [6.45, 7) is 0.567. The van der Waals surface area contributed by atoms with Crippen molar-refractivity contribution in [1.82, 2.24) is 9.47 Å². The SMILES string of the molecule is CN(Cc1c(F)cccc1Cl)Cn1c(=O)oc2ccccc21. The minimum Gasteiger partial charge on any atom is -0.408 e. The van der Waals surface area contributed by atoms with Gasteiger partial charge < -0.3 is 4.42 Å². The van der Waals surface area contributed by atoms with Crippen LogP contribution in [-0.2, 0) is 13.2 Å². The molecular weight excluding hydrogens is 307 g/mol. The highest BCUT2D eigenvalue weighted by Crippen LogP contribution is 2.21. The lowest BCUT2D eigenvalue weighted by Gasteiger charge is -2.18. The Morgan fingerprint density at radius 1 is 1.23 bits per heavy atom. The van der Waals surface area contributed by atoms with Crippen LogP contribution in [-0.4, -0.2) is 16.5 Å². The lowest BCUT2D eigenvalue weighted by Crippen LogP contribution is -2.27. The Balaban J connectivity index is 1.86. The number of hydrogen-bond acceptors (Lipinski definition) is 3. The van der Waals surface area contributed by atoms with Crippen molar-refractivity contribution >= 4 is 22.7 Å². The normalized spacial score (nSPS) is 11.5. The van der Waals surface area contributed by atoms with E-state index >= 15 is 0 Å². The molecule has 0 aliphatic heterocycles. The lowest BCUT2D eigenvalue weighted by atomic mass is 10.2. The van der Waals surface area contributed by atoms with E-state index in [0.717, 1.165) is 0 Å². The zero-order chi connectivity index (χ0) is 15.7. The van der Waals surface area contributed by atoms with Gasteiger partial charge in [0.05, 0.1) is 12.2 Å². The smallest absolute Gasteiger partial charge is 0.408 e. The first-order valence-corrected chi connectivity index (χ1v) is 7.14. The summed E-state index contributed by atoms with van der Waals surface area (Å²) >= 11 is 6.03. The monoisotopic (exact) mass is 320 g/mol. The van der Waals surface area contributed by atoms with Crippen LogP contribution in [0.2, 0.25) is 5.02 Å². The van der Waals surface area contributed by atoms with Crippen LogP contribution in [0.25, 0.3) is 11.1 Å². The molecule has 0 aliphatic carbocycles. The zero-order valence-electron chi connectivity index (χ0n) is 11.9. The Hall–Kier alpha value is -2.11. The number of para-hydroxylation sites is 2. The average molecular weight is 321 g/mol. The van der Waals surface area contributed by atoms with E-state index in [2.05, 4.69) is 0 Å². The first-order chi connectivity index (χ1) is 10.6. The van der Waals surface area contributed by atoms with Crippen LogP contribution in [0.4, 0.5) is 4.39 Å². The number of aromatic nitrogens is 1. The van der Waals surface area contributed by atoms with Gasteiger partial charge in [-0.1, -0.05) is 29.8 Å². The molecule has 0 atom stereocenters. The molecule has 0 amide bonds. The van der Waals surface area contributed by atoms with Crippen molar-refractivity contribution in [3.05, 3.63) is 69.4 Å². The second-order valence-corrected chi connectivity index (χ2v) is 5.53. The van der Waals surface area contributed by atoms with Gasteiger partial charge in [-0.2, -0.15) is 0 Å². The van der Waals surface area contributed by atoms with Crippen LogP contribution in [0.15, 0.2) is 51.7 Å². The molecule has 0 saturated carbocycles. The van der Waals surface area contributed by atoms with Gasteiger partial charge in [-0.3, -0.25) is 9.47 Å². The third-order valence-corrected chi connectivity index (χ3v) is 3.80. The van der Waals surface area contributed by atoms with Gasteiger partial charge in [0.1, 0.15) is 5.82 Å². The standard InChI is InChI=1S/C16H14ClFN2O2/c1-19(9-11-12(17)5-4-6-13(11)18)10-20-14-7-2-3-8-15(14)22-16(20)21/h2-8H,9-10H2,1H3. The highest BCUT2D eigenvalue weighted by molar-refractivity contribution is 6.31. The highest BCUT2D eigenvalue weighted by Gasteiger charge is 2.13. The van der Waals surface area contributed by atoms with Crippen molar-refractivity contribution in [3.8, 4) is 0 Å². The van der Waals surface area contributed by atoms with Crippen LogP contribution in [0.1, 0.15) is 5.56 Å². The van der Waals surface area contributed by atoms with E-state index < -0.39 is 5.76 Å². The molecule has 0 aliphatic rings. The number of rotatable bonds is 4. The third-order valence-electron chi connectivity index (χ3n) is 3.45. The summed E-state index contributed by atoms with van der Waals surface area (Å²) in [5.74, 6) is -0.795. The summed E-state index contributed by atoms with van der Waals surface area (Å²) in [5, 5.41) is 0.372. The lowest BCUT2D eigenvalue weighted by molar-refractivity contribution is 0.250. The number of fused-ring (bicyclic) bond motifs is 1. The van der Waals surface area contributed by atoms with Gasteiger partial charge in [0.25, 0.3) is 0 Å². The van der Waals surface area contributed by atoms with E-state index in [-0.39, 0.29) is 19.0 Å². The molecule has 0 radical (unpaired) electrons. The molecular formula is C16H14ClFN2O2. The first-order valence-electron chi connectivity index (χ1n) is 6.76. The molecule has 0 unspecified atom stereocenters. The number of benzene rings is 2. The quantitative estimate of drug-likeness (QED) is 0.738. The van der Waals surface area contributed by atoms with Crippen LogP contribution in [0.3, 0.4) is 0 Å². The van der Waals surface area contributed by atoms with Gasteiger partial charge in [0.15, 0.2) is 5.58 Å². The number of oxazole rings is 1. The molecule has 3 aromatic rings. The van der Waals surface area contributed by atoms with Crippen LogP contribution in [0.5, 0.6) is 0 Å². The zero-order valence-corrected chi connectivity index (χ0v) is 12.7. The molecule has 0 fully saturated rings. The fraction of sp³-hybridized carbons (Fsp3) is 0.188. The first kappa shape index (κ1) is 14.8. The van der Waals surface area contributed by atoms with Crippen molar-refractivity contribution in [2.45, 2.75) is 13.2 Å². The van der Waals surface area contributed by atoms with E-state index in [1.807, 2.05) is 12.1 Å². The Bertz CT molecular complexity index is 852. The highest BCUT2D eigenvalue weighted by atomic mass is 35.5. The topological polar surface area (TPSA) is 38.4 Å². The maximum Gasteiger partial charge on any atom is 0.421 e. The second kappa shape index (κ2) is 5.94. The van der Waals surface area contributed by atoms with Crippen molar-refractivity contribution in [2.75, 3.05) is 7.05 Å². The molecule has 0 spiro atoms. The number of halogens is 2. The van der Waals surface area contributed by atoms with Gasteiger partial charge in [0, 0.05) is 17.1 Å². The predicted octanol–water partition coefficient (Wildman–Crippen LogP) is 3.48. The molecule has 1 aromatic heterocycles. The van der Waals surface area contributed by atoms with Crippen LogP contribution >= 0.6 is 11.6 Å². The maximum atomic E-state index is 13.8.